The van der Waals surface area contributed by atoms with Crippen molar-refractivity contribution in [2.24, 2.45) is 0 Å². The third kappa shape index (κ3) is 4.05. The second-order valence-electron chi connectivity index (χ2n) is 4.52. The van der Waals surface area contributed by atoms with Crippen LogP contribution in [0, 0.1) is 17.5 Å². The highest BCUT2D eigenvalue weighted by atomic mass is 32.1. The number of benzene rings is 1. The minimum absolute atomic E-state index is 0.0103. The van der Waals surface area contributed by atoms with Crippen molar-refractivity contribution in [3.63, 3.8) is 0 Å². The summed E-state index contributed by atoms with van der Waals surface area (Å²) in [6.07, 6.45) is 0. The van der Waals surface area contributed by atoms with Crippen LogP contribution in [0.3, 0.4) is 0 Å². The minimum Gasteiger partial charge on any atom is -0.322 e. The third-order valence-corrected chi connectivity index (χ3v) is 3.59. The summed E-state index contributed by atoms with van der Waals surface area (Å²) < 4.78 is 39.3. The van der Waals surface area contributed by atoms with E-state index in [0.717, 1.165) is 17.0 Å². The summed E-state index contributed by atoms with van der Waals surface area (Å²) in [7, 11) is 1.74. The number of nitrogens with zero attached hydrogens (tertiary/aromatic N) is 1. The standard InChI is InChI=1S/C14H13F3N2OS/c1-19(7-9-3-2-6-21-9)8-12(20)18-11-5-4-10(15)13(16)14(11)17/h2-6H,7-8H2,1H3,(H,18,20). The summed E-state index contributed by atoms with van der Waals surface area (Å²) in [5, 5.41) is 4.16. The lowest BCUT2D eigenvalue weighted by Gasteiger charge is -2.15. The molecule has 0 spiro atoms. The first-order valence-corrected chi connectivity index (χ1v) is 6.99. The van der Waals surface area contributed by atoms with Crippen molar-refractivity contribution < 1.29 is 18.0 Å². The summed E-state index contributed by atoms with van der Waals surface area (Å²) in [5.41, 5.74) is -0.372. The topological polar surface area (TPSA) is 32.3 Å². The van der Waals surface area contributed by atoms with Crippen molar-refractivity contribution in [2.75, 3.05) is 18.9 Å². The van der Waals surface area contributed by atoms with E-state index in [4.69, 9.17) is 0 Å². The first-order chi connectivity index (χ1) is 9.97. The van der Waals surface area contributed by atoms with Crippen LogP contribution < -0.4 is 5.32 Å². The van der Waals surface area contributed by atoms with Crippen LogP contribution in [0.5, 0.6) is 0 Å². The molecule has 0 aliphatic rings. The van der Waals surface area contributed by atoms with E-state index in [0.29, 0.717) is 6.54 Å². The molecule has 7 heteroatoms. The Morgan fingerprint density at radius 1 is 1.24 bits per heavy atom. The van der Waals surface area contributed by atoms with Gasteiger partial charge in [-0.25, -0.2) is 13.2 Å². The van der Waals surface area contributed by atoms with Crippen LogP contribution in [0.1, 0.15) is 4.88 Å². The monoisotopic (exact) mass is 314 g/mol. The highest BCUT2D eigenvalue weighted by molar-refractivity contribution is 7.09. The van der Waals surface area contributed by atoms with Crippen LogP contribution in [0.15, 0.2) is 29.6 Å². The molecule has 0 fully saturated rings. The zero-order valence-corrected chi connectivity index (χ0v) is 12.0. The second-order valence-corrected chi connectivity index (χ2v) is 5.55. The Kier molecular flexibility index (Phi) is 4.98. The van der Waals surface area contributed by atoms with Crippen LogP contribution >= 0.6 is 11.3 Å². The van der Waals surface area contributed by atoms with Gasteiger partial charge < -0.3 is 5.32 Å². The fourth-order valence-electron chi connectivity index (χ4n) is 1.78. The maximum absolute atomic E-state index is 13.4. The van der Waals surface area contributed by atoms with Crippen molar-refractivity contribution in [2.45, 2.75) is 6.54 Å². The van der Waals surface area contributed by atoms with Gasteiger partial charge in [0.1, 0.15) is 0 Å². The zero-order chi connectivity index (χ0) is 15.4. The van der Waals surface area contributed by atoms with Gasteiger partial charge in [0, 0.05) is 11.4 Å². The largest absolute Gasteiger partial charge is 0.322 e. The molecule has 0 saturated carbocycles. The van der Waals surface area contributed by atoms with E-state index in [2.05, 4.69) is 5.32 Å². The van der Waals surface area contributed by atoms with E-state index in [1.807, 2.05) is 17.5 Å². The molecule has 1 heterocycles. The average Bonchev–Trinajstić information content (AvgIpc) is 2.92. The molecule has 0 atom stereocenters. The summed E-state index contributed by atoms with van der Waals surface area (Å²) in [5.74, 6) is -4.79. The van der Waals surface area contributed by atoms with E-state index in [9.17, 15) is 18.0 Å². The third-order valence-electron chi connectivity index (χ3n) is 2.73. The van der Waals surface area contributed by atoms with E-state index < -0.39 is 23.4 Å². The van der Waals surface area contributed by atoms with Gasteiger partial charge in [-0.05, 0) is 30.6 Å². The fraction of sp³-hybridized carbons (Fsp3) is 0.214. The van der Waals surface area contributed by atoms with Gasteiger partial charge in [0.25, 0.3) is 0 Å². The molecular weight excluding hydrogens is 301 g/mol. The molecule has 0 aliphatic carbocycles. The lowest BCUT2D eigenvalue weighted by atomic mass is 10.2. The van der Waals surface area contributed by atoms with Crippen LogP contribution in [0.2, 0.25) is 0 Å². The van der Waals surface area contributed by atoms with E-state index in [1.165, 1.54) is 0 Å². The molecule has 112 valence electrons. The Labute approximate surface area is 124 Å². The molecule has 3 nitrogen and oxygen atoms in total. The maximum Gasteiger partial charge on any atom is 0.238 e. The van der Waals surface area contributed by atoms with Crippen molar-refractivity contribution in [3.05, 3.63) is 52.0 Å². The number of rotatable bonds is 5. The smallest absolute Gasteiger partial charge is 0.238 e. The van der Waals surface area contributed by atoms with Crippen LogP contribution in [-0.4, -0.2) is 24.4 Å². The van der Waals surface area contributed by atoms with E-state index in [1.54, 1.807) is 23.3 Å². The van der Waals surface area contributed by atoms with Crippen LogP contribution in [-0.2, 0) is 11.3 Å². The number of hydrogen-bond acceptors (Lipinski definition) is 3. The Bertz CT molecular complexity index is 631. The Morgan fingerprint density at radius 2 is 2.00 bits per heavy atom. The van der Waals surface area contributed by atoms with Gasteiger partial charge in [0.2, 0.25) is 5.91 Å². The number of thiophene rings is 1. The number of likely N-dealkylation sites (N-methyl/N-ethyl adjacent to an activating group) is 1. The molecule has 0 radical (unpaired) electrons. The number of carbonyl (C=O) groups is 1. The predicted octanol–water partition coefficient (Wildman–Crippen LogP) is 3.24. The molecule has 21 heavy (non-hydrogen) atoms. The molecule has 1 aromatic carbocycles. The molecule has 0 bridgehead atoms. The lowest BCUT2D eigenvalue weighted by Crippen LogP contribution is -2.30. The van der Waals surface area contributed by atoms with Gasteiger partial charge in [-0.1, -0.05) is 6.07 Å². The first-order valence-electron chi connectivity index (χ1n) is 6.11. The Balaban J connectivity index is 1.94. The van der Waals surface area contributed by atoms with Crippen LogP contribution in [0.4, 0.5) is 18.9 Å². The van der Waals surface area contributed by atoms with Crippen molar-refractivity contribution >= 4 is 22.9 Å². The lowest BCUT2D eigenvalue weighted by molar-refractivity contribution is -0.117. The summed E-state index contributed by atoms with van der Waals surface area (Å²) in [6.45, 7) is 0.585. The average molecular weight is 314 g/mol. The quantitative estimate of drug-likeness (QED) is 0.859. The Hall–Kier alpha value is -1.86. The van der Waals surface area contributed by atoms with Gasteiger partial charge in [-0.3, -0.25) is 9.69 Å². The summed E-state index contributed by atoms with van der Waals surface area (Å²) in [4.78, 5) is 14.6. The van der Waals surface area contributed by atoms with Crippen molar-refractivity contribution in [3.8, 4) is 0 Å². The van der Waals surface area contributed by atoms with E-state index >= 15 is 0 Å². The van der Waals surface area contributed by atoms with Gasteiger partial charge in [0.15, 0.2) is 17.5 Å². The number of carbonyl (C=O) groups excluding carboxylic acids is 1. The van der Waals surface area contributed by atoms with Gasteiger partial charge in [-0.15, -0.1) is 11.3 Å². The number of nitrogens with one attached hydrogen (secondary N) is 1. The SMILES string of the molecule is CN(CC(=O)Nc1ccc(F)c(F)c1F)Cc1cccs1. The molecule has 1 N–H and O–H groups in total. The number of anilines is 1. The highest BCUT2D eigenvalue weighted by Gasteiger charge is 2.16. The van der Waals surface area contributed by atoms with E-state index in [-0.39, 0.29) is 12.2 Å². The summed E-state index contributed by atoms with van der Waals surface area (Å²) in [6, 6.07) is 5.60. The maximum atomic E-state index is 13.4. The predicted molar refractivity (Wildman–Crippen MR) is 75.6 cm³/mol. The number of halogens is 3. The van der Waals surface area contributed by atoms with Gasteiger partial charge in [-0.2, -0.15) is 0 Å². The first kappa shape index (κ1) is 15.5. The molecule has 0 unspecified atom stereocenters. The van der Waals surface area contributed by atoms with Gasteiger partial charge >= 0.3 is 0 Å². The molecule has 2 rings (SSSR count). The number of hydrogen-bond donors (Lipinski definition) is 1. The Morgan fingerprint density at radius 3 is 2.67 bits per heavy atom. The molecule has 0 aliphatic heterocycles. The van der Waals surface area contributed by atoms with Crippen LogP contribution in [0.25, 0.3) is 0 Å². The highest BCUT2D eigenvalue weighted by Crippen LogP contribution is 2.19. The summed E-state index contributed by atoms with van der Waals surface area (Å²) >= 11 is 1.56. The van der Waals surface area contributed by atoms with Crippen molar-refractivity contribution in [1.29, 1.82) is 0 Å². The number of amides is 1. The molecule has 0 saturated heterocycles. The molecule has 1 amide bonds. The minimum atomic E-state index is -1.60. The zero-order valence-electron chi connectivity index (χ0n) is 11.2. The fourth-order valence-corrected chi connectivity index (χ4v) is 2.57. The van der Waals surface area contributed by atoms with Crippen molar-refractivity contribution in [1.82, 2.24) is 4.90 Å². The normalized spacial score (nSPS) is 10.9. The molecule has 1 aromatic heterocycles. The second kappa shape index (κ2) is 6.73. The molecular formula is C14H13F3N2OS. The molecule has 2 aromatic rings. The van der Waals surface area contributed by atoms with Gasteiger partial charge in [0.05, 0.1) is 12.2 Å².